The number of anilines is 1. The van der Waals surface area contributed by atoms with Crippen LogP contribution in [0.3, 0.4) is 0 Å². The summed E-state index contributed by atoms with van der Waals surface area (Å²) in [6.45, 7) is 4.21. The van der Waals surface area contributed by atoms with Crippen LogP contribution in [0.4, 0.5) is 14.5 Å². The molecule has 0 aromatic heterocycles. The van der Waals surface area contributed by atoms with Gasteiger partial charge in [-0.3, -0.25) is 0 Å². The second-order valence-electron chi connectivity index (χ2n) is 5.32. The first kappa shape index (κ1) is 14.7. The lowest BCUT2D eigenvalue weighted by Crippen LogP contribution is -2.37. The standard InChI is InChI=1S/C14H19BrF2N2/c1-9(10-3-5-19(2)6-4-10)18-14-7-11(15)12(16)8-13(14)17/h7-10,18H,3-6H2,1-2H3. The molecule has 1 heterocycles. The van der Waals surface area contributed by atoms with E-state index in [4.69, 9.17) is 0 Å². The van der Waals surface area contributed by atoms with Crippen LogP contribution < -0.4 is 5.32 Å². The summed E-state index contributed by atoms with van der Waals surface area (Å²) in [4.78, 5) is 2.30. The Morgan fingerprint density at radius 1 is 1.26 bits per heavy atom. The molecular formula is C14H19BrF2N2. The molecule has 1 atom stereocenters. The number of halogens is 3. The summed E-state index contributed by atoms with van der Waals surface area (Å²) in [5.41, 5.74) is 0.361. The Hall–Kier alpha value is -0.680. The zero-order valence-electron chi connectivity index (χ0n) is 11.2. The highest BCUT2D eigenvalue weighted by Gasteiger charge is 2.23. The van der Waals surface area contributed by atoms with Gasteiger partial charge < -0.3 is 10.2 Å². The zero-order chi connectivity index (χ0) is 14.0. The van der Waals surface area contributed by atoms with Gasteiger partial charge in [-0.25, -0.2) is 8.78 Å². The van der Waals surface area contributed by atoms with E-state index in [0.717, 1.165) is 32.0 Å². The molecule has 1 aromatic carbocycles. The van der Waals surface area contributed by atoms with Crippen LogP contribution in [0.25, 0.3) is 0 Å². The van der Waals surface area contributed by atoms with Crippen molar-refractivity contribution in [3.05, 3.63) is 28.2 Å². The number of nitrogens with zero attached hydrogens (tertiary/aromatic N) is 1. The van der Waals surface area contributed by atoms with Crippen LogP contribution in [0, 0.1) is 17.6 Å². The molecule has 0 radical (unpaired) electrons. The number of piperidine rings is 1. The minimum Gasteiger partial charge on any atom is -0.380 e. The van der Waals surface area contributed by atoms with Crippen LogP contribution in [0.2, 0.25) is 0 Å². The maximum atomic E-state index is 13.7. The van der Waals surface area contributed by atoms with Crippen LogP contribution in [0.1, 0.15) is 19.8 Å². The van der Waals surface area contributed by atoms with Crippen LogP contribution in [0.5, 0.6) is 0 Å². The molecule has 0 aliphatic carbocycles. The topological polar surface area (TPSA) is 15.3 Å². The van der Waals surface area contributed by atoms with Crippen molar-refractivity contribution < 1.29 is 8.78 Å². The van der Waals surface area contributed by atoms with Crippen LogP contribution in [-0.2, 0) is 0 Å². The van der Waals surface area contributed by atoms with E-state index in [1.165, 1.54) is 6.07 Å². The van der Waals surface area contributed by atoms with E-state index in [-0.39, 0.29) is 10.5 Å². The summed E-state index contributed by atoms with van der Waals surface area (Å²) in [6.07, 6.45) is 2.21. The predicted molar refractivity (Wildman–Crippen MR) is 77.4 cm³/mol. The number of hydrogen-bond donors (Lipinski definition) is 1. The van der Waals surface area contributed by atoms with Gasteiger partial charge in [-0.05, 0) is 67.8 Å². The molecule has 1 fully saturated rings. The fraction of sp³-hybridized carbons (Fsp3) is 0.571. The van der Waals surface area contributed by atoms with Gasteiger partial charge in [-0.1, -0.05) is 0 Å². The van der Waals surface area contributed by atoms with E-state index in [9.17, 15) is 8.78 Å². The molecule has 1 aliphatic rings. The second kappa shape index (κ2) is 6.18. The van der Waals surface area contributed by atoms with Crippen molar-refractivity contribution in [1.29, 1.82) is 0 Å². The van der Waals surface area contributed by atoms with Gasteiger partial charge in [0.1, 0.15) is 11.6 Å². The molecule has 5 heteroatoms. The normalized spacial score (nSPS) is 19.4. The average molecular weight is 333 g/mol. The number of likely N-dealkylation sites (tertiary alicyclic amines) is 1. The molecule has 1 aliphatic heterocycles. The zero-order valence-corrected chi connectivity index (χ0v) is 12.8. The highest BCUT2D eigenvalue weighted by atomic mass is 79.9. The van der Waals surface area contributed by atoms with E-state index in [0.29, 0.717) is 11.6 Å². The Kier molecular flexibility index (Phi) is 4.79. The molecule has 1 unspecified atom stereocenters. The molecule has 0 spiro atoms. The van der Waals surface area contributed by atoms with Crippen LogP contribution >= 0.6 is 15.9 Å². The summed E-state index contributed by atoms with van der Waals surface area (Å²) in [5, 5.41) is 3.17. The first-order chi connectivity index (χ1) is 8.97. The molecule has 1 saturated heterocycles. The molecule has 0 bridgehead atoms. The highest BCUT2D eigenvalue weighted by Crippen LogP contribution is 2.27. The van der Waals surface area contributed by atoms with Crippen molar-refractivity contribution >= 4 is 21.6 Å². The Morgan fingerprint density at radius 2 is 1.89 bits per heavy atom. The second-order valence-corrected chi connectivity index (χ2v) is 6.17. The molecule has 1 aromatic rings. The Morgan fingerprint density at radius 3 is 2.53 bits per heavy atom. The first-order valence-electron chi connectivity index (χ1n) is 6.57. The van der Waals surface area contributed by atoms with Gasteiger partial charge in [-0.15, -0.1) is 0 Å². The van der Waals surface area contributed by atoms with Gasteiger partial charge in [0.05, 0.1) is 10.2 Å². The Labute approximate surface area is 121 Å². The summed E-state index contributed by atoms with van der Waals surface area (Å²) < 4.78 is 27.1. The molecule has 19 heavy (non-hydrogen) atoms. The van der Waals surface area contributed by atoms with Crippen molar-refractivity contribution in [1.82, 2.24) is 4.90 Å². The molecule has 1 N–H and O–H groups in total. The van der Waals surface area contributed by atoms with Gasteiger partial charge in [0, 0.05) is 12.1 Å². The van der Waals surface area contributed by atoms with Gasteiger partial charge in [0.15, 0.2) is 0 Å². The van der Waals surface area contributed by atoms with Crippen molar-refractivity contribution in [3.63, 3.8) is 0 Å². The minimum atomic E-state index is -0.574. The summed E-state index contributed by atoms with van der Waals surface area (Å²) in [5.74, 6) is -0.588. The average Bonchev–Trinajstić information content (AvgIpc) is 2.36. The maximum Gasteiger partial charge on any atom is 0.149 e. The van der Waals surface area contributed by atoms with E-state index < -0.39 is 11.6 Å². The summed E-state index contributed by atoms with van der Waals surface area (Å²) in [6, 6.07) is 2.56. The van der Waals surface area contributed by atoms with E-state index >= 15 is 0 Å². The number of rotatable bonds is 3. The Bertz CT molecular complexity index is 445. The Balaban J connectivity index is 2.02. The van der Waals surface area contributed by atoms with E-state index in [1.54, 1.807) is 0 Å². The molecule has 106 valence electrons. The fourth-order valence-corrected chi connectivity index (χ4v) is 2.87. The smallest absolute Gasteiger partial charge is 0.149 e. The maximum absolute atomic E-state index is 13.7. The summed E-state index contributed by atoms with van der Waals surface area (Å²) >= 11 is 3.09. The largest absolute Gasteiger partial charge is 0.380 e. The third-order valence-corrected chi connectivity index (χ3v) is 4.47. The highest BCUT2D eigenvalue weighted by molar-refractivity contribution is 9.10. The number of hydrogen-bond acceptors (Lipinski definition) is 2. The number of benzene rings is 1. The molecule has 0 saturated carbocycles. The first-order valence-corrected chi connectivity index (χ1v) is 7.36. The molecule has 2 rings (SSSR count). The van der Waals surface area contributed by atoms with Gasteiger partial charge >= 0.3 is 0 Å². The lowest BCUT2D eigenvalue weighted by Gasteiger charge is -2.33. The van der Waals surface area contributed by atoms with E-state index in [1.807, 2.05) is 0 Å². The van der Waals surface area contributed by atoms with Crippen molar-refractivity contribution in [2.75, 3.05) is 25.5 Å². The third-order valence-electron chi connectivity index (χ3n) is 3.86. The van der Waals surface area contributed by atoms with Crippen molar-refractivity contribution in [2.24, 2.45) is 5.92 Å². The van der Waals surface area contributed by atoms with Gasteiger partial charge in [0.25, 0.3) is 0 Å². The fourth-order valence-electron chi connectivity index (χ4n) is 2.52. The molecule has 0 amide bonds. The van der Waals surface area contributed by atoms with Gasteiger partial charge in [-0.2, -0.15) is 0 Å². The predicted octanol–water partition coefficient (Wildman–Crippen LogP) is 3.87. The summed E-state index contributed by atoms with van der Waals surface area (Å²) in [7, 11) is 2.12. The lowest BCUT2D eigenvalue weighted by molar-refractivity contribution is 0.208. The monoisotopic (exact) mass is 332 g/mol. The van der Waals surface area contributed by atoms with Crippen molar-refractivity contribution in [2.45, 2.75) is 25.8 Å². The van der Waals surface area contributed by atoms with E-state index in [2.05, 4.69) is 40.1 Å². The van der Waals surface area contributed by atoms with Gasteiger partial charge in [0.2, 0.25) is 0 Å². The molecule has 2 nitrogen and oxygen atoms in total. The third kappa shape index (κ3) is 3.66. The lowest BCUT2D eigenvalue weighted by atomic mass is 9.90. The minimum absolute atomic E-state index is 0.181. The van der Waals surface area contributed by atoms with Crippen LogP contribution in [-0.4, -0.2) is 31.1 Å². The van der Waals surface area contributed by atoms with Crippen LogP contribution in [0.15, 0.2) is 16.6 Å². The van der Waals surface area contributed by atoms with Crippen molar-refractivity contribution in [3.8, 4) is 0 Å². The quantitative estimate of drug-likeness (QED) is 0.845. The number of nitrogens with one attached hydrogen (secondary N) is 1. The SMILES string of the molecule is CC(Nc1cc(Br)c(F)cc1F)C1CCN(C)CC1. The molecular weight excluding hydrogens is 314 g/mol.